The smallest absolute Gasteiger partial charge is 0.0499 e. The summed E-state index contributed by atoms with van der Waals surface area (Å²) in [5.41, 5.74) is 1.30. The second-order valence-corrected chi connectivity index (χ2v) is 3.41. The lowest BCUT2D eigenvalue weighted by molar-refractivity contribution is 0.158. The Hall–Kier alpha value is -0.800. The van der Waals surface area contributed by atoms with Gasteiger partial charge in [0.2, 0.25) is 0 Å². The number of rotatable bonds is 6. The summed E-state index contributed by atoms with van der Waals surface area (Å²) in [6, 6.07) is 2.08. The lowest BCUT2D eigenvalue weighted by Crippen LogP contribution is -2.23. The van der Waals surface area contributed by atoms with Crippen molar-refractivity contribution in [3.63, 3.8) is 0 Å². The molecule has 1 aromatic heterocycles. The zero-order valence-electron chi connectivity index (χ0n) is 8.34. The van der Waals surface area contributed by atoms with E-state index in [1.54, 1.807) is 7.11 Å². The van der Waals surface area contributed by atoms with Crippen LogP contribution in [0.25, 0.3) is 0 Å². The van der Waals surface area contributed by atoms with E-state index in [4.69, 9.17) is 4.74 Å². The molecule has 0 saturated heterocycles. The molecule has 0 bridgehead atoms. The van der Waals surface area contributed by atoms with Gasteiger partial charge in [0.15, 0.2) is 0 Å². The van der Waals surface area contributed by atoms with Crippen molar-refractivity contribution in [2.24, 2.45) is 5.92 Å². The van der Waals surface area contributed by atoms with E-state index >= 15 is 0 Å². The van der Waals surface area contributed by atoms with Gasteiger partial charge in [-0.2, -0.15) is 0 Å². The fraction of sp³-hybridized carbons (Fsp3) is 0.600. The Morgan fingerprint density at radius 3 is 3.08 bits per heavy atom. The third kappa shape index (κ3) is 4.10. The summed E-state index contributed by atoms with van der Waals surface area (Å²) in [6.45, 7) is 4.92. The minimum Gasteiger partial charge on any atom is -0.384 e. The van der Waals surface area contributed by atoms with Crippen LogP contribution in [0.15, 0.2) is 18.5 Å². The Morgan fingerprint density at radius 2 is 2.46 bits per heavy atom. The number of hydrogen-bond donors (Lipinski definition) is 2. The lowest BCUT2D eigenvalue weighted by atomic mass is 10.2. The molecule has 0 amide bonds. The van der Waals surface area contributed by atoms with Crippen LogP contribution in [0, 0.1) is 5.92 Å². The van der Waals surface area contributed by atoms with Gasteiger partial charge in [-0.3, -0.25) is 0 Å². The molecule has 0 radical (unpaired) electrons. The van der Waals surface area contributed by atoms with E-state index in [0.717, 1.165) is 19.7 Å². The van der Waals surface area contributed by atoms with E-state index < -0.39 is 0 Å². The molecule has 0 saturated carbocycles. The van der Waals surface area contributed by atoms with Gasteiger partial charge in [-0.1, -0.05) is 6.92 Å². The first-order valence-corrected chi connectivity index (χ1v) is 4.64. The van der Waals surface area contributed by atoms with Crippen molar-refractivity contribution in [2.75, 3.05) is 20.3 Å². The van der Waals surface area contributed by atoms with Crippen LogP contribution in [0.2, 0.25) is 0 Å². The van der Waals surface area contributed by atoms with Gasteiger partial charge < -0.3 is 15.0 Å². The maximum Gasteiger partial charge on any atom is 0.0499 e. The zero-order chi connectivity index (χ0) is 9.52. The Kier molecular flexibility index (Phi) is 4.57. The van der Waals surface area contributed by atoms with Crippen LogP contribution in [0.1, 0.15) is 12.5 Å². The second kappa shape index (κ2) is 5.78. The summed E-state index contributed by atoms with van der Waals surface area (Å²) in [6.07, 6.45) is 3.95. The molecule has 74 valence electrons. The number of aromatic amines is 1. The number of H-pyrrole nitrogens is 1. The van der Waals surface area contributed by atoms with Crippen LogP contribution in [0.3, 0.4) is 0 Å². The van der Waals surface area contributed by atoms with E-state index in [9.17, 15) is 0 Å². The maximum atomic E-state index is 5.05. The number of hydrogen-bond acceptors (Lipinski definition) is 2. The number of aromatic nitrogens is 1. The predicted octanol–water partition coefficient (Wildman–Crippen LogP) is 1.39. The summed E-state index contributed by atoms with van der Waals surface area (Å²) in [7, 11) is 1.74. The summed E-state index contributed by atoms with van der Waals surface area (Å²) >= 11 is 0. The van der Waals surface area contributed by atoms with Gasteiger partial charge in [-0.15, -0.1) is 0 Å². The van der Waals surface area contributed by atoms with E-state index in [1.807, 2.05) is 12.4 Å². The van der Waals surface area contributed by atoms with Gasteiger partial charge in [0.1, 0.15) is 0 Å². The number of methoxy groups -OCH3 is 1. The molecule has 13 heavy (non-hydrogen) atoms. The molecule has 3 heteroatoms. The molecule has 1 heterocycles. The van der Waals surface area contributed by atoms with E-state index in [-0.39, 0.29) is 0 Å². The molecule has 0 aliphatic carbocycles. The zero-order valence-corrected chi connectivity index (χ0v) is 8.34. The molecule has 0 aliphatic rings. The molecule has 1 atom stereocenters. The van der Waals surface area contributed by atoms with Crippen molar-refractivity contribution < 1.29 is 4.74 Å². The van der Waals surface area contributed by atoms with E-state index in [0.29, 0.717) is 5.92 Å². The van der Waals surface area contributed by atoms with Crippen molar-refractivity contribution in [1.29, 1.82) is 0 Å². The first kappa shape index (κ1) is 10.3. The first-order valence-electron chi connectivity index (χ1n) is 4.64. The number of ether oxygens (including phenoxy) is 1. The Balaban J connectivity index is 2.07. The maximum absolute atomic E-state index is 5.05. The Morgan fingerprint density at radius 1 is 1.62 bits per heavy atom. The van der Waals surface area contributed by atoms with Crippen LogP contribution in [-0.4, -0.2) is 25.2 Å². The van der Waals surface area contributed by atoms with Crippen molar-refractivity contribution in [2.45, 2.75) is 13.5 Å². The minimum absolute atomic E-state index is 0.573. The summed E-state index contributed by atoms with van der Waals surface area (Å²) < 4.78 is 5.05. The molecule has 3 nitrogen and oxygen atoms in total. The monoisotopic (exact) mass is 182 g/mol. The fourth-order valence-electron chi connectivity index (χ4n) is 1.27. The largest absolute Gasteiger partial charge is 0.384 e. The average molecular weight is 182 g/mol. The molecule has 0 aliphatic heterocycles. The van der Waals surface area contributed by atoms with Crippen molar-refractivity contribution >= 4 is 0 Å². The highest BCUT2D eigenvalue weighted by molar-refractivity contribution is 5.07. The third-order valence-electron chi connectivity index (χ3n) is 1.94. The average Bonchev–Trinajstić information content (AvgIpc) is 2.57. The highest BCUT2D eigenvalue weighted by Crippen LogP contribution is 1.97. The molecule has 0 fully saturated rings. The highest BCUT2D eigenvalue weighted by Gasteiger charge is 2.00. The van der Waals surface area contributed by atoms with Crippen LogP contribution in [-0.2, 0) is 11.3 Å². The van der Waals surface area contributed by atoms with Gasteiger partial charge in [0.25, 0.3) is 0 Å². The SMILES string of the molecule is COCC(C)CNCc1cc[nH]c1. The van der Waals surface area contributed by atoms with Crippen molar-refractivity contribution in [3.8, 4) is 0 Å². The van der Waals surface area contributed by atoms with Gasteiger partial charge >= 0.3 is 0 Å². The molecular weight excluding hydrogens is 164 g/mol. The van der Waals surface area contributed by atoms with Crippen molar-refractivity contribution in [3.05, 3.63) is 24.0 Å². The standard InChI is InChI=1S/C10H18N2O/c1-9(8-13-2)5-12-7-10-3-4-11-6-10/h3-4,6,9,11-12H,5,7-8H2,1-2H3. The number of nitrogens with one attached hydrogen (secondary N) is 2. The van der Waals surface area contributed by atoms with Gasteiger partial charge in [-0.05, 0) is 17.5 Å². The minimum atomic E-state index is 0.573. The summed E-state index contributed by atoms with van der Waals surface area (Å²) in [5, 5.41) is 3.37. The van der Waals surface area contributed by atoms with Crippen LogP contribution >= 0.6 is 0 Å². The molecular formula is C10H18N2O. The van der Waals surface area contributed by atoms with Gasteiger partial charge in [0, 0.05) is 39.2 Å². The van der Waals surface area contributed by atoms with Gasteiger partial charge in [-0.25, -0.2) is 0 Å². The van der Waals surface area contributed by atoms with Crippen molar-refractivity contribution in [1.82, 2.24) is 10.3 Å². The molecule has 1 aromatic rings. The lowest BCUT2D eigenvalue weighted by Gasteiger charge is -2.10. The normalized spacial score (nSPS) is 13.1. The van der Waals surface area contributed by atoms with Crippen LogP contribution in [0.5, 0.6) is 0 Å². The first-order chi connectivity index (χ1) is 6.33. The van der Waals surface area contributed by atoms with Crippen LogP contribution < -0.4 is 5.32 Å². The van der Waals surface area contributed by atoms with Gasteiger partial charge in [0.05, 0.1) is 0 Å². The topological polar surface area (TPSA) is 37.0 Å². The highest BCUT2D eigenvalue weighted by atomic mass is 16.5. The Labute approximate surface area is 79.5 Å². The second-order valence-electron chi connectivity index (χ2n) is 3.41. The quantitative estimate of drug-likeness (QED) is 0.697. The molecule has 0 aromatic carbocycles. The van der Waals surface area contributed by atoms with E-state index in [1.165, 1.54) is 5.56 Å². The summed E-state index contributed by atoms with van der Waals surface area (Å²) in [5.74, 6) is 0.573. The fourth-order valence-corrected chi connectivity index (χ4v) is 1.27. The third-order valence-corrected chi connectivity index (χ3v) is 1.94. The predicted molar refractivity (Wildman–Crippen MR) is 53.5 cm³/mol. The molecule has 1 rings (SSSR count). The van der Waals surface area contributed by atoms with Crippen LogP contribution in [0.4, 0.5) is 0 Å². The van der Waals surface area contributed by atoms with E-state index in [2.05, 4.69) is 23.3 Å². The molecule has 1 unspecified atom stereocenters. The molecule has 2 N–H and O–H groups in total. The Bertz CT molecular complexity index is 209. The summed E-state index contributed by atoms with van der Waals surface area (Å²) in [4.78, 5) is 3.03. The molecule has 0 spiro atoms.